The first-order chi connectivity index (χ1) is 9.60. The van der Waals surface area contributed by atoms with Crippen LogP contribution in [0, 0.1) is 5.82 Å². The SMILES string of the molecule is CCOc1cccc(NC(=O)c2cc(Cl)ccc2F)c1. The van der Waals surface area contributed by atoms with Crippen molar-refractivity contribution in [3.63, 3.8) is 0 Å². The number of ether oxygens (including phenoxy) is 1. The van der Waals surface area contributed by atoms with Gasteiger partial charge < -0.3 is 10.1 Å². The molecule has 2 aromatic carbocycles. The number of nitrogens with one attached hydrogen (secondary N) is 1. The maximum Gasteiger partial charge on any atom is 0.258 e. The molecule has 0 aromatic heterocycles. The zero-order chi connectivity index (χ0) is 14.5. The topological polar surface area (TPSA) is 38.3 Å². The third kappa shape index (κ3) is 3.48. The highest BCUT2D eigenvalue weighted by molar-refractivity contribution is 6.31. The molecule has 0 atom stereocenters. The maximum atomic E-state index is 13.6. The van der Waals surface area contributed by atoms with E-state index in [9.17, 15) is 9.18 Å². The third-order valence-electron chi connectivity index (χ3n) is 2.58. The number of carbonyl (C=O) groups is 1. The lowest BCUT2D eigenvalue weighted by atomic mass is 10.2. The largest absolute Gasteiger partial charge is 0.494 e. The van der Waals surface area contributed by atoms with Gasteiger partial charge in [-0.25, -0.2) is 4.39 Å². The minimum Gasteiger partial charge on any atom is -0.494 e. The van der Waals surface area contributed by atoms with Crippen molar-refractivity contribution in [3.05, 3.63) is 58.9 Å². The molecule has 0 bridgehead atoms. The Bertz CT molecular complexity index is 631. The Balaban J connectivity index is 2.19. The van der Waals surface area contributed by atoms with E-state index in [0.29, 0.717) is 23.1 Å². The van der Waals surface area contributed by atoms with Crippen LogP contribution in [0.2, 0.25) is 5.02 Å². The fraction of sp³-hybridized carbons (Fsp3) is 0.133. The van der Waals surface area contributed by atoms with Gasteiger partial charge in [0.25, 0.3) is 5.91 Å². The lowest BCUT2D eigenvalue weighted by Crippen LogP contribution is -2.13. The van der Waals surface area contributed by atoms with Gasteiger partial charge in [-0.15, -0.1) is 0 Å². The predicted molar refractivity (Wildman–Crippen MR) is 77.0 cm³/mol. The smallest absolute Gasteiger partial charge is 0.258 e. The van der Waals surface area contributed by atoms with Crippen LogP contribution in [0.15, 0.2) is 42.5 Å². The molecule has 104 valence electrons. The number of amides is 1. The molecule has 20 heavy (non-hydrogen) atoms. The molecular weight excluding hydrogens is 281 g/mol. The molecule has 1 N–H and O–H groups in total. The Morgan fingerprint density at radius 2 is 2.10 bits per heavy atom. The van der Waals surface area contributed by atoms with Gasteiger partial charge in [0.05, 0.1) is 12.2 Å². The zero-order valence-corrected chi connectivity index (χ0v) is 11.6. The number of benzene rings is 2. The first kappa shape index (κ1) is 14.3. The van der Waals surface area contributed by atoms with Gasteiger partial charge in [-0.1, -0.05) is 17.7 Å². The van der Waals surface area contributed by atoms with Crippen LogP contribution < -0.4 is 10.1 Å². The number of halogens is 2. The minimum absolute atomic E-state index is 0.0979. The molecule has 0 aliphatic heterocycles. The fourth-order valence-electron chi connectivity index (χ4n) is 1.70. The van der Waals surface area contributed by atoms with Crippen molar-refractivity contribution in [2.45, 2.75) is 6.92 Å². The van der Waals surface area contributed by atoms with Crippen molar-refractivity contribution in [2.24, 2.45) is 0 Å². The van der Waals surface area contributed by atoms with E-state index in [0.717, 1.165) is 6.07 Å². The summed E-state index contributed by atoms with van der Waals surface area (Å²) in [5.41, 5.74) is 0.430. The van der Waals surface area contributed by atoms with Gasteiger partial charge in [-0.05, 0) is 37.3 Å². The molecule has 5 heteroatoms. The van der Waals surface area contributed by atoms with E-state index >= 15 is 0 Å². The predicted octanol–water partition coefficient (Wildman–Crippen LogP) is 4.13. The summed E-state index contributed by atoms with van der Waals surface area (Å²) in [6.45, 7) is 2.40. The highest BCUT2D eigenvalue weighted by Crippen LogP contribution is 2.20. The van der Waals surface area contributed by atoms with Crippen LogP contribution in [0.4, 0.5) is 10.1 Å². The van der Waals surface area contributed by atoms with Gasteiger partial charge in [0.1, 0.15) is 11.6 Å². The summed E-state index contributed by atoms with van der Waals surface area (Å²) in [5, 5.41) is 2.91. The first-order valence-corrected chi connectivity index (χ1v) is 6.47. The molecule has 0 aliphatic rings. The van der Waals surface area contributed by atoms with E-state index in [2.05, 4.69) is 5.32 Å². The van der Waals surface area contributed by atoms with Crippen molar-refractivity contribution in [1.82, 2.24) is 0 Å². The van der Waals surface area contributed by atoms with Crippen LogP contribution >= 0.6 is 11.6 Å². The lowest BCUT2D eigenvalue weighted by Gasteiger charge is -2.08. The molecule has 0 saturated carbocycles. The molecule has 0 aliphatic carbocycles. The molecule has 0 heterocycles. The van der Waals surface area contributed by atoms with Crippen molar-refractivity contribution >= 4 is 23.2 Å². The Labute approximate surface area is 121 Å². The number of hydrogen-bond acceptors (Lipinski definition) is 2. The second kappa shape index (κ2) is 6.39. The number of anilines is 1. The summed E-state index contributed by atoms with van der Waals surface area (Å²) in [7, 11) is 0. The second-order valence-electron chi connectivity index (χ2n) is 4.04. The molecular formula is C15H13ClFNO2. The molecule has 0 saturated heterocycles. The maximum absolute atomic E-state index is 13.6. The fourth-order valence-corrected chi connectivity index (χ4v) is 1.87. The standard InChI is InChI=1S/C15H13ClFNO2/c1-2-20-12-5-3-4-11(9-12)18-15(19)13-8-10(16)6-7-14(13)17/h3-9H,2H2,1H3,(H,18,19). The monoisotopic (exact) mass is 293 g/mol. The summed E-state index contributed by atoms with van der Waals surface area (Å²) in [6.07, 6.45) is 0. The van der Waals surface area contributed by atoms with E-state index in [-0.39, 0.29) is 5.56 Å². The van der Waals surface area contributed by atoms with Crippen molar-refractivity contribution < 1.29 is 13.9 Å². The molecule has 0 unspecified atom stereocenters. The Hall–Kier alpha value is -2.07. The van der Waals surface area contributed by atoms with Crippen LogP contribution in [0.1, 0.15) is 17.3 Å². The molecule has 0 fully saturated rings. The zero-order valence-electron chi connectivity index (χ0n) is 10.8. The Kier molecular flexibility index (Phi) is 4.58. The van der Waals surface area contributed by atoms with E-state index in [1.807, 2.05) is 6.92 Å². The highest BCUT2D eigenvalue weighted by atomic mass is 35.5. The first-order valence-electron chi connectivity index (χ1n) is 6.09. The second-order valence-corrected chi connectivity index (χ2v) is 4.48. The average Bonchev–Trinajstić information content (AvgIpc) is 2.42. The molecule has 1 amide bonds. The number of rotatable bonds is 4. The van der Waals surface area contributed by atoms with Crippen molar-refractivity contribution in [2.75, 3.05) is 11.9 Å². The van der Waals surface area contributed by atoms with Gasteiger partial charge >= 0.3 is 0 Å². The minimum atomic E-state index is -0.618. The summed E-state index contributed by atoms with van der Waals surface area (Å²) in [4.78, 5) is 12.0. The quantitative estimate of drug-likeness (QED) is 0.920. The van der Waals surface area contributed by atoms with E-state index < -0.39 is 11.7 Å². The molecule has 0 spiro atoms. The van der Waals surface area contributed by atoms with E-state index in [4.69, 9.17) is 16.3 Å². The average molecular weight is 294 g/mol. The van der Waals surface area contributed by atoms with Crippen LogP contribution in [0.25, 0.3) is 0 Å². The van der Waals surface area contributed by atoms with Gasteiger partial charge in [0.15, 0.2) is 0 Å². The molecule has 2 rings (SSSR count). The summed E-state index contributed by atoms with van der Waals surface area (Å²) in [6, 6.07) is 10.7. The number of carbonyl (C=O) groups excluding carboxylic acids is 1. The molecule has 3 nitrogen and oxygen atoms in total. The van der Waals surface area contributed by atoms with E-state index in [1.54, 1.807) is 24.3 Å². The van der Waals surface area contributed by atoms with Gasteiger partial charge in [0, 0.05) is 16.8 Å². The summed E-state index contributed by atoms with van der Waals surface area (Å²) in [5.74, 6) is -0.539. The Morgan fingerprint density at radius 3 is 2.85 bits per heavy atom. The summed E-state index contributed by atoms with van der Waals surface area (Å²) >= 11 is 5.76. The van der Waals surface area contributed by atoms with Crippen LogP contribution in [-0.4, -0.2) is 12.5 Å². The van der Waals surface area contributed by atoms with Crippen molar-refractivity contribution in [1.29, 1.82) is 0 Å². The Morgan fingerprint density at radius 1 is 1.30 bits per heavy atom. The highest BCUT2D eigenvalue weighted by Gasteiger charge is 2.12. The third-order valence-corrected chi connectivity index (χ3v) is 2.81. The summed E-state index contributed by atoms with van der Waals surface area (Å²) < 4.78 is 18.9. The van der Waals surface area contributed by atoms with Gasteiger partial charge in [-0.3, -0.25) is 4.79 Å². The van der Waals surface area contributed by atoms with Crippen LogP contribution in [-0.2, 0) is 0 Å². The molecule has 0 radical (unpaired) electrons. The van der Waals surface area contributed by atoms with Crippen LogP contribution in [0.3, 0.4) is 0 Å². The van der Waals surface area contributed by atoms with Crippen molar-refractivity contribution in [3.8, 4) is 5.75 Å². The number of hydrogen-bond donors (Lipinski definition) is 1. The van der Waals surface area contributed by atoms with E-state index in [1.165, 1.54) is 12.1 Å². The van der Waals surface area contributed by atoms with Gasteiger partial charge in [-0.2, -0.15) is 0 Å². The lowest BCUT2D eigenvalue weighted by molar-refractivity contribution is 0.102. The normalized spacial score (nSPS) is 10.2. The van der Waals surface area contributed by atoms with Crippen LogP contribution in [0.5, 0.6) is 5.75 Å². The molecule has 2 aromatic rings. The van der Waals surface area contributed by atoms with Gasteiger partial charge in [0.2, 0.25) is 0 Å².